The number of hydrogen-bond acceptors (Lipinski definition) is 5. The third kappa shape index (κ3) is 8.34. The fourth-order valence-corrected chi connectivity index (χ4v) is 9.59. The van der Waals surface area contributed by atoms with Gasteiger partial charge in [-0.15, -0.1) is 0 Å². The van der Waals surface area contributed by atoms with Crippen LogP contribution in [-0.4, -0.2) is 5.11 Å². The molecule has 5 heteroatoms. The number of phenolic OH excluding ortho intramolecular Hbond substituents is 1. The first-order valence-electron chi connectivity index (χ1n) is 22.4. The van der Waals surface area contributed by atoms with Crippen LogP contribution in [0.1, 0.15) is 41.7 Å². The van der Waals surface area contributed by atoms with Gasteiger partial charge in [-0.25, -0.2) is 0 Å². The Morgan fingerprint density at radius 2 is 1.45 bits per heavy atom. The predicted octanol–water partition coefficient (Wildman–Crippen LogP) is 15.7. The number of hydrogen-bond donors (Lipinski definition) is 1. The fourth-order valence-electron chi connectivity index (χ4n) is 9.59. The zero-order valence-corrected chi connectivity index (χ0v) is 37.8. The van der Waals surface area contributed by atoms with E-state index in [4.69, 9.17) is 4.74 Å². The van der Waals surface area contributed by atoms with E-state index in [9.17, 15) is 10.4 Å². The maximum absolute atomic E-state index is 11.7. The lowest BCUT2D eigenvalue weighted by molar-refractivity contribution is 0.349. The molecule has 0 bridgehead atoms. The lowest BCUT2D eigenvalue weighted by Gasteiger charge is -2.37. The largest absolute Gasteiger partial charge is 0.507 e. The van der Waals surface area contributed by atoms with Crippen molar-refractivity contribution in [2.24, 2.45) is 11.8 Å². The Morgan fingerprint density at radius 3 is 2.18 bits per heavy atom. The van der Waals surface area contributed by atoms with Gasteiger partial charge in [-0.3, -0.25) is 0 Å². The third-order valence-electron chi connectivity index (χ3n) is 12.9. The molecule has 0 saturated heterocycles. The first-order valence-corrected chi connectivity index (χ1v) is 22.4. The second kappa shape index (κ2) is 18.5. The average Bonchev–Trinajstić information content (AvgIpc) is 3.58. The van der Waals surface area contributed by atoms with Crippen molar-refractivity contribution >= 4 is 40.0 Å². The van der Waals surface area contributed by atoms with Gasteiger partial charge in [0.2, 0.25) is 0 Å². The van der Waals surface area contributed by atoms with Crippen molar-refractivity contribution in [1.82, 2.24) is 0 Å². The van der Waals surface area contributed by atoms with Crippen molar-refractivity contribution in [2.45, 2.75) is 19.3 Å². The Morgan fingerprint density at radius 1 is 0.761 bits per heavy atom. The summed E-state index contributed by atoms with van der Waals surface area (Å²) in [7, 11) is 0. The van der Waals surface area contributed by atoms with E-state index in [1.165, 1.54) is 22.3 Å². The summed E-state index contributed by atoms with van der Waals surface area (Å²) in [5, 5.41) is 21.8. The Labute approximate surface area is 394 Å². The van der Waals surface area contributed by atoms with Crippen LogP contribution < -0.4 is 14.5 Å². The number of allylic oxidation sites excluding steroid dienone is 12. The number of nitriles is 1. The van der Waals surface area contributed by atoms with Crippen LogP contribution in [0.4, 0.5) is 22.7 Å². The lowest BCUT2D eigenvalue weighted by atomic mass is 9.72. The zero-order chi connectivity index (χ0) is 46.7. The molecular formula is C62H51N3O2. The molecule has 2 unspecified atom stereocenters. The minimum Gasteiger partial charge on any atom is -0.507 e. The van der Waals surface area contributed by atoms with Gasteiger partial charge in [0.15, 0.2) is 0 Å². The monoisotopic (exact) mass is 869 g/mol. The Bertz CT molecular complexity index is 3190. The molecule has 1 aliphatic heterocycles. The molecule has 326 valence electrons. The summed E-state index contributed by atoms with van der Waals surface area (Å²) in [5.74, 6) is 0.915. The maximum Gasteiger partial charge on any atom is 0.136 e. The molecule has 0 aromatic heterocycles. The molecular weight excluding hydrogens is 819 g/mol. The fraction of sp³-hybridized carbons (Fsp3) is 0.0806. The van der Waals surface area contributed by atoms with E-state index >= 15 is 0 Å². The van der Waals surface area contributed by atoms with Crippen LogP contribution in [-0.2, 0) is 5.41 Å². The summed E-state index contributed by atoms with van der Waals surface area (Å²) in [5.41, 5.74) is 14.2. The summed E-state index contributed by atoms with van der Waals surface area (Å²) in [6, 6.07) is 49.5. The number of nitrogens with zero attached hydrogens (tertiary/aromatic N) is 3. The first-order chi connectivity index (χ1) is 32.6. The normalized spacial score (nSPS) is 16.8. The molecule has 2 atom stereocenters. The van der Waals surface area contributed by atoms with Crippen LogP contribution >= 0.6 is 0 Å². The number of fused-ring (bicyclic) bond motifs is 6. The van der Waals surface area contributed by atoms with Crippen molar-refractivity contribution in [3.63, 3.8) is 0 Å². The van der Waals surface area contributed by atoms with Gasteiger partial charge < -0.3 is 19.6 Å². The number of benzene rings is 6. The summed E-state index contributed by atoms with van der Waals surface area (Å²) in [6.45, 7) is 21.5. The van der Waals surface area contributed by atoms with Gasteiger partial charge in [-0.2, -0.15) is 5.26 Å². The van der Waals surface area contributed by atoms with Crippen LogP contribution in [0.2, 0.25) is 0 Å². The quantitative estimate of drug-likeness (QED) is 0.0925. The molecule has 9 rings (SSSR count). The van der Waals surface area contributed by atoms with E-state index in [0.717, 1.165) is 50.7 Å². The van der Waals surface area contributed by atoms with Crippen LogP contribution in [0.15, 0.2) is 244 Å². The second-order valence-electron chi connectivity index (χ2n) is 17.3. The lowest BCUT2D eigenvalue weighted by Crippen LogP contribution is -2.26. The van der Waals surface area contributed by atoms with Gasteiger partial charge in [-0.05, 0) is 118 Å². The molecule has 6 aromatic carbocycles. The van der Waals surface area contributed by atoms with Crippen molar-refractivity contribution < 1.29 is 9.84 Å². The number of anilines is 4. The van der Waals surface area contributed by atoms with E-state index in [0.29, 0.717) is 22.6 Å². The topological polar surface area (TPSA) is 59.7 Å². The summed E-state index contributed by atoms with van der Waals surface area (Å²) < 4.78 is 6.70. The Hall–Kier alpha value is -8.59. The molecule has 0 amide bonds. The number of aromatic hydroxyl groups is 1. The molecule has 67 heavy (non-hydrogen) atoms. The van der Waals surface area contributed by atoms with Crippen LogP contribution in [0.3, 0.4) is 0 Å². The minimum absolute atomic E-state index is 0.109. The second-order valence-corrected chi connectivity index (χ2v) is 17.3. The standard InChI is InChI=1S/C62H51N3O2/c1-7-19-46(8-2)65(47-23-13-10-14-24-47)50-33-34-51(59(66)39-50)42(3)52-26-17-27-56-55-36-32-49(40-60(55)67-43(4)61(52)56)64(37-18-22-45(41-63)30-29-44-20-11-9-12-21-44)48-31-35-54-53-25-15-16-28-57(53)62(5,6)58(54)38-48/h7-40,52,61,66H,1-4H2,5-6H3/b30-29+,37-18+,45-22+,46-19+. The molecule has 0 saturated carbocycles. The predicted molar refractivity (Wildman–Crippen MR) is 279 cm³/mol. The molecule has 6 aromatic rings. The number of ether oxygens (including phenoxy) is 1. The van der Waals surface area contributed by atoms with Gasteiger partial charge in [0.1, 0.15) is 17.3 Å². The van der Waals surface area contributed by atoms with Gasteiger partial charge in [0, 0.05) is 69.2 Å². The van der Waals surface area contributed by atoms with Gasteiger partial charge in [0.05, 0.1) is 17.6 Å². The Kier molecular flexibility index (Phi) is 12.0. The average molecular weight is 870 g/mol. The van der Waals surface area contributed by atoms with Gasteiger partial charge in [0.25, 0.3) is 0 Å². The van der Waals surface area contributed by atoms with Crippen molar-refractivity contribution in [2.75, 3.05) is 9.80 Å². The van der Waals surface area contributed by atoms with E-state index in [2.05, 4.69) is 130 Å². The highest BCUT2D eigenvalue weighted by Gasteiger charge is 2.38. The van der Waals surface area contributed by atoms with Crippen LogP contribution in [0, 0.1) is 23.2 Å². The van der Waals surface area contributed by atoms with Crippen molar-refractivity contribution in [3.05, 3.63) is 272 Å². The molecule has 5 nitrogen and oxygen atoms in total. The van der Waals surface area contributed by atoms with Gasteiger partial charge in [-0.1, -0.05) is 149 Å². The molecule has 0 spiro atoms. The van der Waals surface area contributed by atoms with Crippen LogP contribution in [0.25, 0.3) is 28.3 Å². The molecule has 0 fully saturated rings. The smallest absolute Gasteiger partial charge is 0.136 e. The van der Waals surface area contributed by atoms with E-state index in [-0.39, 0.29) is 23.0 Å². The van der Waals surface area contributed by atoms with E-state index in [1.807, 2.05) is 114 Å². The van der Waals surface area contributed by atoms with E-state index < -0.39 is 0 Å². The molecule has 3 aliphatic rings. The molecule has 0 radical (unpaired) electrons. The summed E-state index contributed by atoms with van der Waals surface area (Å²) in [6.07, 6.45) is 21.2. The molecule has 2 aliphatic carbocycles. The number of phenols is 1. The summed E-state index contributed by atoms with van der Waals surface area (Å²) >= 11 is 0. The maximum atomic E-state index is 11.7. The summed E-state index contributed by atoms with van der Waals surface area (Å²) in [4.78, 5) is 4.16. The Balaban J connectivity index is 1.04. The highest BCUT2D eigenvalue weighted by Crippen LogP contribution is 2.53. The minimum atomic E-state index is -0.242. The highest BCUT2D eigenvalue weighted by molar-refractivity contribution is 5.87. The van der Waals surface area contributed by atoms with Crippen molar-refractivity contribution in [1.29, 1.82) is 5.26 Å². The van der Waals surface area contributed by atoms with Crippen molar-refractivity contribution in [3.8, 4) is 28.7 Å². The molecule has 1 heterocycles. The zero-order valence-electron chi connectivity index (χ0n) is 37.8. The SMILES string of the molecule is C=C/C=C(\C=C)N(c1ccccc1)c1ccc(C(=C)C2C=CC=C3c4ccc(N(/C=C/C=C(C#N)\C=C\c5ccccc5)c5ccc6c(c5)C(C)(C)c5ccccc5-6)cc4OC(=C)C32)c(O)c1. The number of rotatable bonds is 13. The van der Waals surface area contributed by atoms with E-state index in [1.54, 1.807) is 18.2 Å². The third-order valence-corrected chi connectivity index (χ3v) is 12.9. The molecule has 1 N–H and O–H groups in total. The van der Waals surface area contributed by atoms with Crippen LogP contribution in [0.5, 0.6) is 11.5 Å². The first kappa shape index (κ1) is 43.7. The number of para-hydroxylation sites is 1. The van der Waals surface area contributed by atoms with Gasteiger partial charge >= 0.3 is 0 Å². The highest BCUT2D eigenvalue weighted by atomic mass is 16.5.